The van der Waals surface area contributed by atoms with Crippen LogP contribution in [-0.2, 0) is 6.54 Å². The van der Waals surface area contributed by atoms with Crippen LogP contribution in [0.3, 0.4) is 0 Å². The molecule has 0 aliphatic rings. The zero-order valence-electron chi connectivity index (χ0n) is 6.21. The van der Waals surface area contributed by atoms with Crippen molar-refractivity contribution in [2.75, 3.05) is 0 Å². The van der Waals surface area contributed by atoms with Crippen LogP contribution in [0, 0.1) is 4.91 Å². The van der Waals surface area contributed by atoms with E-state index in [1.807, 2.05) is 0 Å². The summed E-state index contributed by atoms with van der Waals surface area (Å²) in [5.74, 6) is 0. The molecular formula is C7H6N4O. The van der Waals surface area contributed by atoms with E-state index in [0.29, 0.717) is 12.2 Å². The first-order chi connectivity index (χ1) is 5.86. The SMILES string of the molecule is [N-]=[N+]=NCc1ccc(N=O)cc1. The number of nitroso groups, excluding NO2 is 1. The summed E-state index contributed by atoms with van der Waals surface area (Å²) in [7, 11) is 0. The molecule has 0 fully saturated rings. The van der Waals surface area contributed by atoms with Crippen LogP contribution in [0.5, 0.6) is 0 Å². The maximum atomic E-state index is 10.00. The van der Waals surface area contributed by atoms with Crippen LogP contribution in [-0.4, -0.2) is 0 Å². The van der Waals surface area contributed by atoms with Gasteiger partial charge in [0.15, 0.2) is 0 Å². The van der Waals surface area contributed by atoms with Crippen LogP contribution in [0.25, 0.3) is 10.4 Å². The van der Waals surface area contributed by atoms with Crippen molar-refractivity contribution in [2.24, 2.45) is 10.3 Å². The van der Waals surface area contributed by atoms with Crippen molar-refractivity contribution in [3.05, 3.63) is 45.2 Å². The van der Waals surface area contributed by atoms with Gasteiger partial charge >= 0.3 is 0 Å². The Bertz CT molecular complexity index is 313. The monoisotopic (exact) mass is 162 g/mol. The molecule has 5 nitrogen and oxygen atoms in total. The summed E-state index contributed by atoms with van der Waals surface area (Å²) in [6.07, 6.45) is 0. The van der Waals surface area contributed by atoms with Crippen LogP contribution in [0.2, 0.25) is 0 Å². The fourth-order valence-corrected chi connectivity index (χ4v) is 0.775. The Hall–Kier alpha value is -1.87. The van der Waals surface area contributed by atoms with Crippen molar-refractivity contribution in [2.45, 2.75) is 6.54 Å². The van der Waals surface area contributed by atoms with Gasteiger partial charge in [-0.15, -0.1) is 4.91 Å². The first-order valence-electron chi connectivity index (χ1n) is 3.30. The van der Waals surface area contributed by atoms with E-state index >= 15 is 0 Å². The molecule has 0 radical (unpaired) electrons. The van der Waals surface area contributed by atoms with Gasteiger partial charge in [-0.2, -0.15) is 0 Å². The minimum absolute atomic E-state index is 0.301. The van der Waals surface area contributed by atoms with Crippen LogP contribution < -0.4 is 0 Å². The lowest BCUT2D eigenvalue weighted by Gasteiger charge is -1.93. The summed E-state index contributed by atoms with van der Waals surface area (Å²) in [4.78, 5) is 12.6. The van der Waals surface area contributed by atoms with Crippen molar-refractivity contribution < 1.29 is 0 Å². The van der Waals surface area contributed by atoms with Gasteiger partial charge in [0.05, 0.1) is 6.54 Å². The molecule has 0 heterocycles. The molecule has 0 atom stereocenters. The molecule has 1 aromatic carbocycles. The van der Waals surface area contributed by atoms with Gasteiger partial charge < -0.3 is 0 Å². The standard InChI is InChI=1S/C7H6N4O/c8-11-9-5-6-1-3-7(10-12)4-2-6/h1-4H,5H2. The van der Waals surface area contributed by atoms with E-state index in [2.05, 4.69) is 15.2 Å². The molecule has 0 saturated heterocycles. The van der Waals surface area contributed by atoms with Crippen LogP contribution >= 0.6 is 0 Å². The Morgan fingerprint density at radius 2 is 2.00 bits per heavy atom. The maximum absolute atomic E-state index is 10.00. The molecule has 0 spiro atoms. The van der Waals surface area contributed by atoms with Crippen molar-refractivity contribution in [1.82, 2.24) is 0 Å². The molecule has 1 rings (SSSR count). The summed E-state index contributed by atoms with van der Waals surface area (Å²) < 4.78 is 0. The Labute approximate surface area is 68.6 Å². The average molecular weight is 162 g/mol. The molecule has 1 aromatic rings. The van der Waals surface area contributed by atoms with E-state index in [1.165, 1.54) is 0 Å². The quantitative estimate of drug-likeness (QED) is 0.291. The largest absolute Gasteiger partial charge is 0.145 e. The zero-order valence-corrected chi connectivity index (χ0v) is 6.21. The molecule has 5 heteroatoms. The number of benzene rings is 1. The molecule has 0 N–H and O–H groups in total. The van der Waals surface area contributed by atoms with Gasteiger partial charge in [0.25, 0.3) is 0 Å². The van der Waals surface area contributed by atoms with Gasteiger partial charge in [0.2, 0.25) is 0 Å². The third kappa shape index (κ3) is 2.07. The Morgan fingerprint density at radius 3 is 2.50 bits per heavy atom. The number of hydrogen-bond acceptors (Lipinski definition) is 3. The Balaban J connectivity index is 2.77. The predicted octanol–water partition coefficient (Wildman–Crippen LogP) is 2.89. The molecule has 0 aliphatic heterocycles. The second-order valence-electron chi connectivity index (χ2n) is 2.15. The lowest BCUT2D eigenvalue weighted by molar-refractivity contribution is 1.05. The fraction of sp³-hybridized carbons (Fsp3) is 0.143. The molecule has 0 aliphatic carbocycles. The number of rotatable bonds is 3. The van der Waals surface area contributed by atoms with E-state index in [4.69, 9.17) is 5.53 Å². The topological polar surface area (TPSA) is 78.2 Å². The van der Waals surface area contributed by atoms with Crippen molar-refractivity contribution in [1.29, 1.82) is 0 Å². The predicted molar refractivity (Wildman–Crippen MR) is 44.7 cm³/mol. The third-order valence-corrected chi connectivity index (χ3v) is 1.36. The summed E-state index contributed by atoms with van der Waals surface area (Å²) in [5.41, 5.74) is 9.25. The maximum Gasteiger partial charge on any atom is 0.108 e. The molecule has 0 unspecified atom stereocenters. The van der Waals surface area contributed by atoms with Gasteiger partial charge in [0, 0.05) is 4.91 Å². The Kier molecular flexibility index (Phi) is 2.81. The lowest BCUT2D eigenvalue weighted by atomic mass is 10.2. The number of nitrogens with zero attached hydrogens (tertiary/aromatic N) is 4. The van der Waals surface area contributed by atoms with Crippen molar-refractivity contribution in [3.63, 3.8) is 0 Å². The van der Waals surface area contributed by atoms with Crippen LogP contribution in [0.15, 0.2) is 34.6 Å². The second-order valence-corrected chi connectivity index (χ2v) is 2.15. The molecule has 0 aromatic heterocycles. The molecule has 60 valence electrons. The number of hydrogen-bond donors (Lipinski definition) is 0. The smallest absolute Gasteiger partial charge is 0.108 e. The summed E-state index contributed by atoms with van der Waals surface area (Å²) in [6.45, 7) is 0.301. The Morgan fingerprint density at radius 1 is 1.33 bits per heavy atom. The van der Waals surface area contributed by atoms with E-state index in [-0.39, 0.29) is 0 Å². The summed E-state index contributed by atoms with van der Waals surface area (Å²) in [6, 6.07) is 6.56. The van der Waals surface area contributed by atoms with Gasteiger partial charge in [0.1, 0.15) is 5.69 Å². The van der Waals surface area contributed by atoms with E-state index in [9.17, 15) is 4.91 Å². The van der Waals surface area contributed by atoms with Gasteiger partial charge in [-0.25, -0.2) is 0 Å². The third-order valence-electron chi connectivity index (χ3n) is 1.36. The van der Waals surface area contributed by atoms with E-state index in [0.717, 1.165) is 5.56 Å². The van der Waals surface area contributed by atoms with E-state index < -0.39 is 0 Å². The van der Waals surface area contributed by atoms with Gasteiger partial charge in [-0.3, -0.25) is 0 Å². The van der Waals surface area contributed by atoms with Gasteiger partial charge in [-0.05, 0) is 28.4 Å². The van der Waals surface area contributed by atoms with Gasteiger partial charge in [-0.1, -0.05) is 17.2 Å². The normalized spacial score (nSPS) is 8.67. The van der Waals surface area contributed by atoms with Crippen molar-refractivity contribution in [3.8, 4) is 0 Å². The molecule has 0 amide bonds. The average Bonchev–Trinajstić information content (AvgIpc) is 2.15. The highest BCUT2D eigenvalue weighted by molar-refractivity contribution is 5.38. The number of azide groups is 1. The highest BCUT2D eigenvalue weighted by Gasteiger charge is 1.91. The molecule has 12 heavy (non-hydrogen) atoms. The first kappa shape index (κ1) is 8.23. The molecule has 0 bridgehead atoms. The lowest BCUT2D eigenvalue weighted by Crippen LogP contribution is -1.77. The van der Waals surface area contributed by atoms with Crippen LogP contribution in [0.4, 0.5) is 5.69 Å². The highest BCUT2D eigenvalue weighted by Crippen LogP contribution is 2.12. The fourth-order valence-electron chi connectivity index (χ4n) is 0.775. The van der Waals surface area contributed by atoms with Crippen molar-refractivity contribution >= 4 is 5.69 Å². The second kappa shape index (κ2) is 4.10. The summed E-state index contributed by atoms with van der Waals surface area (Å²) >= 11 is 0. The molecule has 0 saturated carbocycles. The summed E-state index contributed by atoms with van der Waals surface area (Å²) in [5, 5.41) is 6.11. The first-order valence-corrected chi connectivity index (χ1v) is 3.30. The van der Waals surface area contributed by atoms with Crippen LogP contribution in [0.1, 0.15) is 5.56 Å². The van der Waals surface area contributed by atoms with E-state index in [1.54, 1.807) is 24.3 Å². The molecular weight excluding hydrogens is 156 g/mol. The minimum Gasteiger partial charge on any atom is -0.145 e. The zero-order chi connectivity index (χ0) is 8.81. The minimum atomic E-state index is 0.301. The highest BCUT2D eigenvalue weighted by atomic mass is 16.3.